The van der Waals surface area contributed by atoms with Gasteiger partial charge in [-0.05, 0) is 43.2 Å². The van der Waals surface area contributed by atoms with Gasteiger partial charge in [-0.1, -0.05) is 41.6 Å². The SMILES string of the molecule is Cc1nc(-c2nc(C3=CCC(C#N)C=C3)c(Sc3ccc(Cl)cc3)n2C)cs1. The van der Waals surface area contributed by atoms with E-state index in [1.165, 1.54) is 0 Å². The first-order valence-electron chi connectivity index (χ1n) is 8.76. The molecule has 0 N–H and O–H groups in total. The molecule has 1 atom stereocenters. The third-order valence-electron chi connectivity index (χ3n) is 4.46. The van der Waals surface area contributed by atoms with Crippen molar-refractivity contribution in [2.45, 2.75) is 23.3 Å². The third kappa shape index (κ3) is 3.79. The molecule has 3 aromatic rings. The van der Waals surface area contributed by atoms with Gasteiger partial charge in [0.05, 0.1) is 17.0 Å². The van der Waals surface area contributed by atoms with Crippen molar-refractivity contribution < 1.29 is 0 Å². The number of benzene rings is 1. The number of thiazole rings is 1. The monoisotopic (exact) mass is 424 g/mol. The average molecular weight is 425 g/mol. The minimum absolute atomic E-state index is 0.0690. The summed E-state index contributed by atoms with van der Waals surface area (Å²) in [5.74, 6) is 0.771. The molecule has 1 aliphatic carbocycles. The van der Waals surface area contributed by atoms with Gasteiger partial charge in [0.1, 0.15) is 16.4 Å². The van der Waals surface area contributed by atoms with Crippen molar-refractivity contribution in [2.24, 2.45) is 13.0 Å². The van der Waals surface area contributed by atoms with Crippen LogP contribution >= 0.6 is 34.7 Å². The van der Waals surface area contributed by atoms with E-state index >= 15 is 0 Å². The van der Waals surface area contributed by atoms with Crippen LogP contribution in [0.25, 0.3) is 17.1 Å². The first-order chi connectivity index (χ1) is 13.5. The topological polar surface area (TPSA) is 54.5 Å². The maximum Gasteiger partial charge on any atom is 0.160 e. The lowest BCUT2D eigenvalue weighted by atomic mass is 9.97. The van der Waals surface area contributed by atoms with Gasteiger partial charge in [-0.15, -0.1) is 11.3 Å². The van der Waals surface area contributed by atoms with Gasteiger partial charge in [-0.25, -0.2) is 9.97 Å². The van der Waals surface area contributed by atoms with Crippen molar-refractivity contribution in [3.8, 4) is 17.6 Å². The molecule has 1 aromatic carbocycles. The van der Waals surface area contributed by atoms with Crippen LogP contribution in [0.2, 0.25) is 5.02 Å². The summed E-state index contributed by atoms with van der Waals surface area (Å²) < 4.78 is 2.09. The molecule has 4 rings (SSSR count). The van der Waals surface area contributed by atoms with Crippen molar-refractivity contribution >= 4 is 40.3 Å². The van der Waals surface area contributed by atoms with Crippen molar-refractivity contribution in [1.29, 1.82) is 5.26 Å². The van der Waals surface area contributed by atoms with Crippen LogP contribution in [0.1, 0.15) is 17.1 Å². The molecule has 7 heteroatoms. The maximum absolute atomic E-state index is 9.15. The number of allylic oxidation sites excluding steroid dienone is 4. The van der Waals surface area contributed by atoms with Crippen LogP contribution in [-0.4, -0.2) is 14.5 Å². The van der Waals surface area contributed by atoms with Gasteiger partial charge >= 0.3 is 0 Å². The summed E-state index contributed by atoms with van der Waals surface area (Å²) in [6, 6.07) is 10.1. The molecule has 0 bridgehead atoms. The van der Waals surface area contributed by atoms with Crippen LogP contribution in [0.5, 0.6) is 0 Å². The molecule has 2 aromatic heterocycles. The molecule has 140 valence electrons. The molecule has 2 heterocycles. The predicted octanol–water partition coefficient (Wildman–Crippen LogP) is 6.14. The highest BCUT2D eigenvalue weighted by atomic mass is 35.5. The molecule has 0 amide bonds. The van der Waals surface area contributed by atoms with Crippen LogP contribution in [0.15, 0.2) is 57.8 Å². The van der Waals surface area contributed by atoms with Crippen LogP contribution in [-0.2, 0) is 7.05 Å². The Labute approximate surface area is 177 Å². The molecule has 0 radical (unpaired) electrons. The van der Waals surface area contributed by atoms with Gasteiger partial charge in [0.2, 0.25) is 0 Å². The first-order valence-corrected chi connectivity index (χ1v) is 10.8. The smallest absolute Gasteiger partial charge is 0.160 e. The molecule has 0 saturated heterocycles. The van der Waals surface area contributed by atoms with Gasteiger partial charge in [0, 0.05) is 22.3 Å². The second-order valence-corrected chi connectivity index (χ2v) is 9.01. The van der Waals surface area contributed by atoms with E-state index in [2.05, 4.69) is 21.7 Å². The van der Waals surface area contributed by atoms with Crippen molar-refractivity contribution in [1.82, 2.24) is 14.5 Å². The standard InChI is InChI=1S/C21H17ClN4S2/c1-13-24-18(12-27-13)20-25-19(15-5-3-14(11-23)4-6-15)21(26(20)2)28-17-9-7-16(22)8-10-17/h3,5-10,12,14H,4H2,1-2H3. The summed E-state index contributed by atoms with van der Waals surface area (Å²) in [6.07, 6.45) is 6.75. The van der Waals surface area contributed by atoms with E-state index in [-0.39, 0.29) is 5.92 Å². The summed E-state index contributed by atoms with van der Waals surface area (Å²) in [5, 5.41) is 14.0. The molecule has 1 aliphatic rings. The highest BCUT2D eigenvalue weighted by Gasteiger charge is 2.22. The Hall–Kier alpha value is -2.33. The van der Waals surface area contributed by atoms with E-state index in [4.69, 9.17) is 21.8 Å². The van der Waals surface area contributed by atoms with E-state index in [1.807, 2.05) is 55.8 Å². The van der Waals surface area contributed by atoms with Crippen molar-refractivity contribution in [3.05, 3.63) is 63.6 Å². The van der Waals surface area contributed by atoms with E-state index in [0.717, 1.165) is 37.7 Å². The molecule has 0 aliphatic heterocycles. The lowest BCUT2D eigenvalue weighted by molar-refractivity contribution is 0.824. The van der Waals surface area contributed by atoms with Crippen LogP contribution < -0.4 is 0 Å². The van der Waals surface area contributed by atoms with Gasteiger partial charge in [0.25, 0.3) is 0 Å². The maximum atomic E-state index is 9.15. The predicted molar refractivity (Wildman–Crippen MR) is 115 cm³/mol. The van der Waals surface area contributed by atoms with Crippen molar-refractivity contribution in [2.75, 3.05) is 0 Å². The van der Waals surface area contributed by atoms with E-state index in [1.54, 1.807) is 23.1 Å². The highest BCUT2D eigenvalue weighted by Crippen LogP contribution is 2.38. The number of aryl methyl sites for hydroxylation is 1. The number of rotatable bonds is 4. The molecule has 1 unspecified atom stereocenters. The summed E-state index contributed by atoms with van der Waals surface area (Å²) >= 11 is 9.30. The fraction of sp³-hybridized carbons (Fsp3) is 0.190. The molecule has 0 spiro atoms. The van der Waals surface area contributed by atoms with Crippen LogP contribution in [0.4, 0.5) is 0 Å². The summed E-state index contributed by atoms with van der Waals surface area (Å²) in [5.41, 5.74) is 2.83. The Morgan fingerprint density at radius 2 is 2.07 bits per heavy atom. The summed E-state index contributed by atoms with van der Waals surface area (Å²) in [6.45, 7) is 2.00. The zero-order chi connectivity index (χ0) is 19.7. The second-order valence-electron chi connectivity index (χ2n) is 6.45. The minimum Gasteiger partial charge on any atom is -0.320 e. The lowest BCUT2D eigenvalue weighted by Crippen LogP contribution is -1.98. The molecular formula is C21H17ClN4S2. The number of nitriles is 1. The average Bonchev–Trinajstić information content (AvgIpc) is 3.27. The Kier molecular flexibility index (Phi) is 5.40. The number of aromatic nitrogens is 3. The Morgan fingerprint density at radius 1 is 1.29 bits per heavy atom. The Bertz CT molecular complexity index is 1120. The Balaban J connectivity index is 1.79. The van der Waals surface area contributed by atoms with E-state index in [0.29, 0.717) is 11.4 Å². The third-order valence-corrected chi connectivity index (χ3v) is 6.65. The largest absolute Gasteiger partial charge is 0.320 e. The van der Waals surface area contributed by atoms with Crippen LogP contribution in [0, 0.1) is 24.2 Å². The lowest BCUT2D eigenvalue weighted by Gasteiger charge is -2.11. The molecular weight excluding hydrogens is 408 g/mol. The van der Waals surface area contributed by atoms with E-state index < -0.39 is 0 Å². The fourth-order valence-electron chi connectivity index (χ4n) is 2.99. The molecule has 28 heavy (non-hydrogen) atoms. The number of imidazole rings is 1. The second kappa shape index (κ2) is 7.96. The highest BCUT2D eigenvalue weighted by molar-refractivity contribution is 7.99. The number of halogens is 1. The molecule has 0 saturated carbocycles. The van der Waals surface area contributed by atoms with Gasteiger partial charge in [-0.3, -0.25) is 0 Å². The van der Waals surface area contributed by atoms with Crippen molar-refractivity contribution in [3.63, 3.8) is 0 Å². The van der Waals surface area contributed by atoms with Gasteiger partial charge in [-0.2, -0.15) is 5.26 Å². The zero-order valence-corrected chi connectivity index (χ0v) is 17.8. The fourth-order valence-corrected chi connectivity index (χ4v) is 4.69. The van der Waals surface area contributed by atoms with Crippen LogP contribution in [0.3, 0.4) is 0 Å². The van der Waals surface area contributed by atoms with Gasteiger partial charge < -0.3 is 4.57 Å². The first kappa shape index (κ1) is 19.0. The van der Waals surface area contributed by atoms with E-state index in [9.17, 15) is 0 Å². The number of hydrogen-bond acceptors (Lipinski definition) is 5. The summed E-state index contributed by atoms with van der Waals surface area (Å²) in [7, 11) is 2.02. The summed E-state index contributed by atoms with van der Waals surface area (Å²) in [4.78, 5) is 10.6. The molecule has 0 fully saturated rings. The minimum atomic E-state index is -0.0690. The molecule has 4 nitrogen and oxygen atoms in total. The normalized spacial score (nSPS) is 16.1. The Morgan fingerprint density at radius 3 is 2.68 bits per heavy atom. The van der Waals surface area contributed by atoms with Gasteiger partial charge in [0.15, 0.2) is 5.82 Å². The number of hydrogen-bond donors (Lipinski definition) is 0. The zero-order valence-electron chi connectivity index (χ0n) is 15.4. The number of nitrogens with zero attached hydrogens (tertiary/aromatic N) is 4. The quantitative estimate of drug-likeness (QED) is 0.504.